The largest absolute Gasteiger partial charge is 0.381 e. The van der Waals surface area contributed by atoms with Gasteiger partial charge < -0.3 is 14.6 Å². The Morgan fingerprint density at radius 1 is 1.40 bits per heavy atom. The molecule has 6 nitrogen and oxygen atoms in total. The van der Waals surface area contributed by atoms with Crippen LogP contribution in [0.5, 0.6) is 0 Å². The monoisotopic (exact) mass is 274 g/mol. The zero-order chi connectivity index (χ0) is 13.9. The highest BCUT2D eigenvalue weighted by Gasteiger charge is 2.25. The Morgan fingerprint density at radius 3 is 3.00 bits per heavy atom. The van der Waals surface area contributed by atoms with E-state index < -0.39 is 0 Å². The van der Waals surface area contributed by atoms with Gasteiger partial charge in [0.15, 0.2) is 5.82 Å². The molecule has 3 rings (SSSR count). The van der Waals surface area contributed by atoms with Crippen LogP contribution in [0.2, 0.25) is 0 Å². The molecular weight excluding hydrogens is 256 g/mol. The van der Waals surface area contributed by atoms with Crippen molar-refractivity contribution in [2.24, 2.45) is 0 Å². The lowest BCUT2D eigenvalue weighted by Gasteiger charge is -2.15. The lowest BCUT2D eigenvalue weighted by Crippen LogP contribution is -2.18. The number of aryl methyl sites for hydroxylation is 1. The van der Waals surface area contributed by atoms with Crippen molar-refractivity contribution in [2.45, 2.75) is 38.3 Å². The first-order chi connectivity index (χ1) is 9.76. The maximum atomic E-state index is 5.40. The van der Waals surface area contributed by atoms with Gasteiger partial charge in [0.1, 0.15) is 5.82 Å². The van der Waals surface area contributed by atoms with Crippen LogP contribution in [0.4, 0.5) is 5.82 Å². The van der Waals surface area contributed by atoms with E-state index in [1.54, 1.807) is 20.2 Å². The van der Waals surface area contributed by atoms with Gasteiger partial charge in [0.05, 0.1) is 11.7 Å². The van der Waals surface area contributed by atoms with Gasteiger partial charge in [0.25, 0.3) is 5.89 Å². The summed E-state index contributed by atoms with van der Waals surface area (Å²) in [4.78, 5) is 8.66. The highest BCUT2D eigenvalue weighted by atomic mass is 16.5. The first kappa shape index (κ1) is 13.1. The normalized spacial score (nSPS) is 22.1. The fraction of sp³-hybridized carbons (Fsp3) is 0.500. The molecule has 6 heteroatoms. The Hall–Kier alpha value is -1.95. The molecule has 2 heterocycles. The molecule has 0 radical (unpaired) electrons. The lowest BCUT2D eigenvalue weighted by molar-refractivity contribution is 0.108. The Labute approximate surface area is 117 Å². The lowest BCUT2D eigenvalue weighted by atomic mass is 10.2. The zero-order valence-corrected chi connectivity index (χ0v) is 11.7. The van der Waals surface area contributed by atoms with Gasteiger partial charge in [-0.2, -0.15) is 4.98 Å². The topological polar surface area (TPSA) is 73.1 Å². The van der Waals surface area contributed by atoms with Gasteiger partial charge in [0, 0.05) is 19.3 Å². The third-order valence-corrected chi connectivity index (χ3v) is 3.62. The summed E-state index contributed by atoms with van der Waals surface area (Å²) in [6.07, 6.45) is 5.26. The summed E-state index contributed by atoms with van der Waals surface area (Å²) >= 11 is 0. The average Bonchev–Trinajstić information content (AvgIpc) is 3.08. The second kappa shape index (κ2) is 5.58. The van der Waals surface area contributed by atoms with Crippen LogP contribution in [0.25, 0.3) is 11.5 Å². The first-order valence-electron chi connectivity index (χ1n) is 6.81. The first-order valence-corrected chi connectivity index (χ1v) is 6.81. The van der Waals surface area contributed by atoms with E-state index in [9.17, 15) is 0 Å². The summed E-state index contributed by atoms with van der Waals surface area (Å²) in [6, 6.07) is 4.18. The van der Waals surface area contributed by atoms with Crippen LogP contribution in [-0.2, 0) is 4.74 Å². The fourth-order valence-electron chi connectivity index (χ4n) is 2.58. The quantitative estimate of drug-likeness (QED) is 0.923. The summed E-state index contributed by atoms with van der Waals surface area (Å²) < 4.78 is 10.6. The van der Waals surface area contributed by atoms with E-state index in [1.807, 2.05) is 12.1 Å². The van der Waals surface area contributed by atoms with Gasteiger partial charge in [-0.25, -0.2) is 4.98 Å². The van der Waals surface area contributed by atoms with Crippen LogP contribution in [0, 0.1) is 6.92 Å². The second-order valence-electron chi connectivity index (χ2n) is 5.06. The van der Waals surface area contributed by atoms with Crippen molar-refractivity contribution in [2.75, 3.05) is 12.4 Å². The SMILES string of the molecule is COC1CCC(Nc2ncccc2-c2nc(C)no2)C1. The van der Waals surface area contributed by atoms with Gasteiger partial charge in [-0.1, -0.05) is 5.16 Å². The minimum Gasteiger partial charge on any atom is -0.381 e. The van der Waals surface area contributed by atoms with E-state index in [2.05, 4.69) is 20.4 Å². The van der Waals surface area contributed by atoms with Crippen molar-refractivity contribution in [3.05, 3.63) is 24.2 Å². The van der Waals surface area contributed by atoms with Gasteiger partial charge in [-0.05, 0) is 38.3 Å². The van der Waals surface area contributed by atoms with Crippen molar-refractivity contribution < 1.29 is 9.26 Å². The van der Waals surface area contributed by atoms with Gasteiger partial charge >= 0.3 is 0 Å². The third kappa shape index (κ3) is 2.65. The van der Waals surface area contributed by atoms with Crippen LogP contribution in [0.15, 0.2) is 22.9 Å². The number of pyridine rings is 1. The van der Waals surface area contributed by atoms with E-state index in [-0.39, 0.29) is 0 Å². The smallest absolute Gasteiger partial charge is 0.261 e. The molecule has 1 N–H and O–H groups in total. The predicted molar refractivity (Wildman–Crippen MR) is 74.3 cm³/mol. The number of ether oxygens (including phenoxy) is 1. The average molecular weight is 274 g/mol. The Morgan fingerprint density at radius 2 is 2.30 bits per heavy atom. The molecule has 1 aliphatic carbocycles. The van der Waals surface area contributed by atoms with E-state index in [0.717, 1.165) is 30.6 Å². The van der Waals surface area contributed by atoms with Crippen molar-refractivity contribution in [1.29, 1.82) is 0 Å². The summed E-state index contributed by atoms with van der Waals surface area (Å²) in [5.41, 5.74) is 0.842. The molecule has 0 amide bonds. The van der Waals surface area contributed by atoms with Gasteiger partial charge in [0.2, 0.25) is 0 Å². The number of anilines is 1. The van der Waals surface area contributed by atoms with E-state index >= 15 is 0 Å². The maximum absolute atomic E-state index is 5.40. The van der Waals surface area contributed by atoms with Gasteiger partial charge in [-0.15, -0.1) is 0 Å². The molecular formula is C14H18N4O2. The molecule has 2 atom stereocenters. The minimum atomic E-state index is 0.338. The summed E-state index contributed by atoms with van der Waals surface area (Å²) in [6.45, 7) is 1.80. The van der Waals surface area contributed by atoms with Crippen LogP contribution in [0.3, 0.4) is 0 Å². The summed E-state index contributed by atoms with van der Waals surface area (Å²) in [5.74, 6) is 1.91. The van der Waals surface area contributed by atoms with E-state index in [0.29, 0.717) is 23.9 Å². The molecule has 20 heavy (non-hydrogen) atoms. The Kier molecular flexibility index (Phi) is 3.64. The molecule has 0 bridgehead atoms. The summed E-state index contributed by atoms with van der Waals surface area (Å²) in [5, 5.41) is 7.29. The molecule has 106 valence electrons. The van der Waals surface area contributed by atoms with Crippen LogP contribution in [0.1, 0.15) is 25.1 Å². The van der Waals surface area contributed by atoms with Gasteiger partial charge in [-0.3, -0.25) is 0 Å². The molecule has 2 unspecified atom stereocenters. The minimum absolute atomic E-state index is 0.338. The van der Waals surface area contributed by atoms with E-state index in [4.69, 9.17) is 9.26 Å². The molecule has 1 fully saturated rings. The highest BCUT2D eigenvalue weighted by Crippen LogP contribution is 2.29. The number of hydrogen-bond donors (Lipinski definition) is 1. The van der Waals surface area contributed by atoms with Crippen molar-refractivity contribution >= 4 is 5.82 Å². The molecule has 0 aromatic carbocycles. The Balaban J connectivity index is 1.80. The van der Waals surface area contributed by atoms with Crippen molar-refractivity contribution in [3.8, 4) is 11.5 Å². The number of hydrogen-bond acceptors (Lipinski definition) is 6. The maximum Gasteiger partial charge on any atom is 0.261 e. The second-order valence-corrected chi connectivity index (χ2v) is 5.06. The number of nitrogens with zero attached hydrogens (tertiary/aromatic N) is 3. The molecule has 0 aliphatic heterocycles. The Bertz CT molecular complexity index is 584. The number of rotatable bonds is 4. The number of nitrogens with one attached hydrogen (secondary N) is 1. The molecule has 2 aromatic heterocycles. The standard InChI is InChI=1S/C14H18N4O2/c1-9-16-14(20-18-9)12-4-3-7-15-13(12)17-10-5-6-11(8-10)19-2/h3-4,7,10-11H,5-6,8H2,1-2H3,(H,15,17). The zero-order valence-electron chi connectivity index (χ0n) is 11.7. The molecule has 0 saturated heterocycles. The third-order valence-electron chi connectivity index (χ3n) is 3.62. The van der Waals surface area contributed by atoms with Crippen molar-refractivity contribution in [3.63, 3.8) is 0 Å². The number of aromatic nitrogens is 3. The molecule has 1 saturated carbocycles. The van der Waals surface area contributed by atoms with Crippen molar-refractivity contribution in [1.82, 2.24) is 15.1 Å². The molecule has 0 spiro atoms. The summed E-state index contributed by atoms with van der Waals surface area (Å²) in [7, 11) is 1.76. The van der Waals surface area contributed by atoms with Crippen LogP contribution >= 0.6 is 0 Å². The molecule has 1 aliphatic rings. The molecule has 2 aromatic rings. The number of methoxy groups -OCH3 is 1. The van der Waals surface area contributed by atoms with Crippen LogP contribution < -0.4 is 5.32 Å². The highest BCUT2D eigenvalue weighted by molar-refractivity contribution is 5.68. The fourth-order valence-corrected chi connectivity index (χ4v) is 2.58. The van der Waals surface area contributed by atoms with E-state index in [1.165, 1.54) is 0 Å². The predicted octanol–water partition coefficient (Wildman–Crippen LogP) is 2.42. The van der Waals surface area contributed by atoms with Crippen LogP contribution in [-0.4, -0.2) is 34.4 Å².